The van der Waals surface area contributed by atoms with Gasteiger partial charge in [0.25, 0.3) is 0 Å². The molecule has 0 saturated carbocycles. The van der Waals surface area contributed by atoms with Gasteiger partial charge in [0, 0.05) is 22.5 Å². The molecular weight excluding hydrogens is 506 g/mol. The maximum absolute atomic E-state index is 2.41. The van der Waals surface area contributed by atoms with Gasteiger partial charge in [0.05, 0.1) is 0 Å². The Balaban J connectivity index is 1.30. The van der Waals surface area contributed by atoms with E-state index in [-0.39, 0.29) is 5.41 Å². The molecule has 7 aromatic rings. The van der Waals surface area contributed by atoms with Crippen LogP contribution in [0, 0.1) is 0 Å². The van der Waals surface area contributed by atoms with E-state index in [0.717, 1.165) is 11.4 Å². The van der Waals surface area contributed by atoms with Crippen molar-refractivity contribution < 1.29 is 0 Å². The lowest BCUT2D eigenvalue weighted by Crippen LogP contribution is -2.16. The summed E-state index contributed by atoms with van der Waals surface area (Å²) >= 11 is 0. The molecule has 0 N–H and O–H groups in total. The highest BCUT2D eigenvalue weighted by Crippen LogP contribution is 2.50. The first kappa shape index (κ1) is 24.6. The van der Waals surface area contributed by atoms with Crippen molar-refractivity contribution in [2.75, 3.05) is 4.90 Å². The van der Waals surface area contributed by atoms with Crippen LogP contribution in [0.25, 0.3) is 43.8 Å². The molecule has 1 nitrogen and oxygen atoms in total. The summed E-state index contributed by atoms with van der Waals surface area (Å²) < 4.78 is 0. The van der Waals surface area contributed by atoms with Crippen LogP contribution >= 0.6 is 0 Å². The summed E-state index contributed by atoms with van der Waals surface area (Å²) in [5.74, 6) is 0. The molecule has 0 unspecified atom stereocenters. The van der Waals surface area contributed by atoms with Gasteiger partial charge in [-0.3, -0.25) is 0 Å². The number of benzene rings is 7. The standard InChI is InChI=1S/C41H31N/c1-41(2)39-15-9-8-14-37(39)38-25-23-34(27-40(38)41)42(32-20-18-29(19-21-32)28-10-4-3-5-11-28)33-22-24-36-31(26-33)17-16-30-12-6-7-13-35(30)36/h3-27H,1-2H3. The molecule has 42 heavy (non-hydrogen) atoms. The molecule has 0 saturated heterocycles. The van der Waals surface area contributed by atoms with Crippen molar-refractivity contribution in [1.82, 2.24) is 0 Å². The van der Waals surface area contributed by atoms with Crippen molar-refractivity contribution in [2.45, 2.75) is 19.3 Å². The van der Waals surface area contributed by atoms with E-state index in [2.05, 4.69) is 170 Å². The van der Waals surface area contributed by atoms with Crippen LogP contribution in [0.4, 0.5) is 17.1 Å². The number of fused-ring (bicyclic) bond motifs is 6. The minimum absolute atomic E-state index is 0.0624. The van der Waals surface area contributed by atoms with E-state index >= 15 is 0 Å². The van der Waals surface area contributed by atoms with Gasteiger partial charge in [-0.2, -0.15) is 0 Å². The van der Waals surface area contributed by atoms with E-state index in [1.165, 1.54) is 60.6 Å². The monoisotopic (exact) mass is 537 g/mol. The second kappa shape index (κ2) is 9.46. The highest BCUT2D eigenvalue weighted by atomic mass is 15.1. The largest absolute Gasteiger partial charge is 0.310 e. The second-order valence-corrected chi connectivity index (χ2v) is 11.8. The van der Waals surface area contributed by atoms with E-state index in [9.17, 15) is 0 Å². The number of nitrogens with zero attached hydrogens (tertiary/aromatic N) is 1. The van der Waals surface area contributed by atoms with Crippen LogP contribution in [0.1, 0.15) is 25.0 Å². The van der Waals surface area contributed by atoms with Gasteiger partial charge >= 0.3 is 0 Å². The molecule has 1 aliphatic carbocycles. The highest BCUT2D eigenvalue weighted by molar-refractivity contribution is 6.08. The zero-order chi connectivity index (χ0) is 28.3. The Morgan fingerprint density at radius 3 is 1.86 bits per heavy atom. The van der Waals surface area contributed by atoms with Gasteiger partial charge in [0.2, 0.25) is 0 Å². The van der Waals surface area contributed by atoms with Gasteiger partial charge < -0.3 is 4.90 Å². The molecule has 7 aromatic carbocycles. The third-order valence-corrected chi connectivity index (χ3v) is 9.04. The normalized spacial score (nSPS) is 13.2. The van der Waals surface area contributed by atoms with Crippen LogP contribution in [0.15, 0.2) is 152 Å². The van der Waals surface area contributed by atoms with Crippen LogP contribution in [-0.2, 0) is 5.41 Å². The van der Waals surface area contributed by atoms with Gasteiger partial charge in [0.1, 0.15) is 0 Å². The molecule has 0 fully saturated rings. The zero-order valence-corrected chi connectivity index (χ0v) is 23.9. The Kier molecular flexibility index (Phi) is 5.55. The van der Waals surface area contributed by atoms with Crippen molar-refractivity contribution in [2.24, 2.45) is 0 Å². The topological polar surface area (TPSA) is 3.24 Å². The molecule has 0 radical (unpaired) electrons. The quantitative estimate of drug-likeness (QED) is 0.202. The van der Waals surface area contributed by atoms with Gasteiger partial charge in [-0.15, -0.1) is 0 Å². The predicted molar refractivity (Wildman–Crippen MR) is 179 cm³/mol. The van der Waals surface area contributed by atoms with Gasteiger partial charge in [0.15, 0.2) is 0 Å². The van der Waals surface area contributed by atoms with Crippen LogP contribution in [-0.4, -0.2) is 0 Å². The second-order valence-electron chi connectivity index (χ2n) is 11.8. The maximum Gasteiger partial charge on any atom is 0.0468 e. The predicted octanol–water partition coefficient (Wildman–Crippen LogP) is 11.4. The average Bonchev–Trinajstić information content (AvgIpc) is 3.28. The minimum Gasteiger partial charge on any atom is -0.310 e. The van der Waals surface area contributed by atoms with E-state index in [1.807, 2.05) is 0 Å². The van der Waals surface area contributed by atoms with Gasteiger partial charge in [-0.25, -0.2) is 0 Å². The smallest absolute Gasteiger partial charge is 0.0468 e. The first-order valence-electron chi connectivity index (χ1n) is 14.7. The first-order chi connectivity index (χ1) is 20.6. The van der Waals surface area contributed by atoms with Crippen LogP contribution < -0.4 is 4.90 Å². The Morgan fingerprint density at radius 2 is 1.00 bits per heavy atom. The van der Waals surface area contributed by atoms with Crippen molar-refractivity contribution in [3.63, 3.8) is 0 Å². The average molecular weight is 538 g/mol. The molecule has 0 bridgehead atoms. The Morgan fingerprint density at radius 1 is 0.405 bits per heavy atom. The summed E-state index contributed by atoms with van der Waals surface area (Å²) in [6.45, 7) is 4.70. The Bertz CT molecular complexity index is 2100. The van der Waals surface area contributed by atoms with Crippen LogP contribution in [0.2, 0.25) is 0 Å². The summed E-state index contributed by atoms with van der Waals surface area (Å²) in [4.78, 5) is 2.41. The van der Waals surface area contributed by atoms with Gasteiger partial charge in [-0.1, -0.05) is 129 Å². The summed E-state index contributed by atoms with van der Waals surface area (Å²) in [7, 11) is 0. The molecular formula is C41H31N. The SMILES string of the molecule is CC1(C)c2ccccc2-c2ccc(N(c3ccc(-c4ccccc4)cc3)c3ccc4c(ccc5ccccc54)c3)cc21. The Hall–Kier alpha value is -5.14. The van der Waals surface area contributed by atoms with E-state index in [4.69, 9.17) is 0 Å². The maximum atomic E-state index is 2.41. The summed E-state index contributed by atoms with van der Waals surface area (Å²) in [6, 6.07) is 55.4. The molecule has 1 aliphatic rings. The third-order valence-electron chi connectivity index (χ3n) is 9.04. The van der Waals surface area contributed by atoms with Crippen molar-refractivity contribution in [3.8, 4) is 22.3 Å². The summed E-state index contributed by atoms with van der Waals surface area (Å²) in [5.41, 5.74) is 11.3. The summed E-state index contributed by atoms with van der Waals surface area (Å²) in [6.07, 6.45) is 0. The minimum atomic E-state index is -0.0624. The van der Waals surface area contributed by atoms with Crippen molar-refractivity contribution >= 4 is 38.6 Å². The molecule has 0 aromatic heterocycles. The highest BCUT2D eigenvalue weighted by Gasteiger charge is 2.35. The van der Waals surface area contributed by atoms with E-state index in [1.54, 1.807) is 0 Å². The lowest BCUT2D eigenvalue weighted by atomic mass is 9.82. The fourth-order valence-corrected chi connectivity index (χ4v) is 6.85. The molecule has 8 rings (SSSR count). The number of hydrogen-bond donors (Lipinski definition) is 0. The fraction of sp³-hybridized carbons (Fsp3) is 0.0732. The number of anilines is 3. The van der Waals surface area contributed by atoms with E-state index in [0.29, 0.717) is 0 Å². The lowest BCUT2D eigenvalue weighted by Gasteiger charge is -2.28. The van der Waals surface area contributed by atoms with Crippen molar-refractivity contribution in [3.05, 3.63) is 163 Å². The molecule has 0 amide bonds. The lowest BCUT2D eigenvalue weighted by molar-refractivity contribution is 0.660. The molecule has 0 atom stereocenters. The van der Waals surface area contributed by atoms with Crippen molar-refractivity contribution in [1.29, 1.82) is 0 Å². The molecule has 1 heteroatoms. The molecule has 0 aliphatic heterocycles. The van der Waals surface area contributed by atoms with Gasteiger partial charge in [-0.05, 0) is 91.3 Å². The third kappa shape index (κ3) is 3.85. The van der Waals surface area contributed by atoms with Crippen LogP contribution in [0.3, 0.4) is 0 Å². The molecule has 200 valence electrons. The fourth-order valence-electron chi connectivity index (χ4n) is 6.85. The summed E-state index contributed by atoms with van der Waals surface area (Å²) in [5, 5.41) is 5.08. The number of rotatable bonds is 4. The Labute approximate surface area is 247 Å². The number of hydrogen-bond acceptors (Lipinski definition) is 1. The van der Waals surface area contributed by atoms with E-state index < -0.39 is 0 Å². The van der Waals surface area contributed by atoms with Crippen LogP contribution in [0.5, 0.6) is 0 Å². The zero-order valence-electron chi connectivity index (χ0n) is 23.9. The molecule has 0 heterocycles. The molecule has 0 spiro atoms. The first-order valence-corrected chi connectivity index (χ1v) is 14.7.